The number of carboxylic acid groups (broad SMARTS) is 2. The van der Waals surface area contributed by atoms with Gasteiger partial charge in [-0.3, -0.25) is 9.59 Å². The summed E-state index contributed by atoms with van der Waals surface area (Å²) in [6, 6.07) is 0. The van der Waals surface area contributed by atoms with Crippen LogP contribution in [-0.4, -0.2) is 37.7 Å². The van der Waals surface area contributed by atoms with E-state index in [1.165, 1.54) is 17.9 Å². The molecule has 0 bridgehead atoms. The lowest BCUT2D eigenvalue weighted by Crippen LogP contribution is -2.27. The molecule has 0 aromatic rings. The molecule has 0 amide bonds. The third-order valence-electron chi connectivity index (χ3n) is 5.40. The van der Waals surface area contributed by atoms with Crippen LogP contribution in [0.2, 0.25) is 0 Å². The fraction of sp³-hybridized carbons (Fsp3) is 0.900. The Bertz CT molecular complexity index is 432. The molecule has 0 unspecified atom stereocenters. The van der Waals surface area contributed by atoms with Gasteiger partial charge in [0.1, 0.15) is 0 Å². The highest BCUT2D eigenvalue weighted by molar-refractivity contribution is 8.18. The second-order valence-corrected chi connectivity index (χ2v) is 12.0. The van der Waals surface area contributed by atoms with Crippen LogP contribution in [0.15, 0.2) is 0 Å². The zero-order valence-electron chi connectivity index (χ0n) is 16.8. The summed E-state index contributed by atoms with van der Waals surface area (Å²) in [7, 11) is 0. The Morgan fingerprint density at radius 1 is 0.808 bits per heavy atom. The summed E-state index contributed by atoms with van der Waals surface area (Å²) in [5.74, 6) is 0.979. The van der Waals surface area contributed by atoms with Crippen LogP contribution in [0.3, 0.4) is 0 Å². The minimum Gasteiger partial charge on any atom is -0.481 e. The highest BCUT2D eigenvalue weighted by atomic mass is 32.2. The average Bonchev–Trinajstić information content (AvgIpc) is 2.56. The van der Waals surface area contributed by atoms with Crippen molar-refractivity contribution < 1.29 is 19.8 Å². The van der Waals surface area contributed by atoms with Crippen molar-refractivity contribution in [1.29, 1.82) is 0 Å². The van der Waals surface area contributed by atoms with Crippen LogP contribution in [0, 0.1) is 10.8 Å². The third-order valence-corrected chi connectivity index (χ3v) is 8.96. The van der Waals surface area contributed by atoms with Crippen LogP contribution in [0.1, 0.15) is 85.5 Å². The SMILES string of the molecule is CC(C)(CCCCC1(CCCCC(C)(C)C(=O)O)SCCCS1)C(=O)O. The van der Waals surface area contributed by atoms with Gasteiger partial charge in [-0.25, -0.2) is 0 Å². The first-order valence-corrected chi connectivity index (χ1v) is 11.7. The molecule has 6 heteroatoms. The van der Waals surface area contributed by atoms with E-state index in [0.29, 0.717) is 0 Å². The van der Waals surface area contributed by atoms with E-state index in [4.69, 9.17) is 0 Å². The minimum absolute atomic E-state index is 0.249. The van der Waals surface area contributed by atoms with E-state index >= 15 is 0 Å². The van der Waals surface area contributed by atoms with Gasteiger partial charge in [-0.2, -0.15) is 0 Å². The summed E-state index contributed by atoms with van der Waals surface area (Å²) < 4.78 is 0.249. The molecule has 0 atom stereocenters. The van der Waals surface area contributed by atoms with Gasteiger partial charge in [0.25, 0.3) is 0 Å². The monoisotopic (exact) mass is 404 g/mol. The van der Waals surface area contributed by atoms with Gasteiger partial charge in [0.15, 0.2) is 0 Å². The molecule has 1 aliphatic rings. The molecular weight excluding hydrogens is 368 g/mol. The predicted molar refractivity (Wildman–Crippen MR) is 112 cm³/mol. The highest BCUT2D eigenvalue weighted by Gasteiger charge is 2.34. The fourth-order valence-corrected chi connectivity index (χ4v) is 6.66. The molecule has 2 N–H and O–H groups in total. The third kappa shape index (κ3) is 7.71. The van der Waals surface area contributed by atoms with Crippen molar-refractivity contribution >= 4 is 35.5 Å². The normalized spacial score (nSPS) is 17.8. The van der Waals surface area contributed by atoms with Crippen molar-refractivity contribution in [2.75, 3.05) is 11.5 Å². The largest absolute Gasteiger partial charge is 0.481 e. The van der Waals surface area contributed by atoms with Crippen LogP contribution >= 0.6 is 23.5 Å². The molecule has 0 radical (unpaired) electrons. The summed E-state index contributed by atoms with van der Waals surface area (Å²) in [6.07, 6.45) is 8.99. The van der Waals surface area contributed by atoms with Crippen LogP contribution in [-0.2, 0) is 9.59 Å². The minimum atomic E-state index is -0.713. The second-order valence-electron chi connectivity index (χ2n) is 8.75. The van der Waals surface area contributed by atoms with Crippen molar-refractivity contribution in [3.63, 3.8) is 0 Å². The van der Waals surface area contributed by atoms with Crippen molar-refractivity contribution in [1.82, 2.24) is 0 Å². The van der Waals surface area contributed by atoms with Gasteiger partial charge < -0.3 is 10.2 Å². The Labute approximate surface area is 167 Å². The number of carbonyl (C=O) groups is 2. The van der Waals surface area contributed by atoms with Gasteiger partial charge in [0, 0.05) is 0 Å². The fourth-order valence-electron chi connectivity index (χ4n) is 3.17. The summed E-state index contributed by atoms with van der Waals surface area (Å²) >= 11 is 4.14. The standard InChI is InChI=1S/C20H36O4S2/c1-18(2,16(21)22)10-5-7-12-20(25-14-9-15-26-20)13-8-6-11-19(3,4)17(23)24/h5-15H2,1-4H3,(H,21,22)(H,23,24). The molecule has 0 aromatic heterocycles. The molecule has 0 aromatic carbocycles. The number of unbranched alkanes of at least 4 members (excludes halogenated alkanes) is 2. The molecule has 1 rings (SSSR count). The zero-order chi connectivity index (χ0) is 19.8. The van der Waals surface area contributed by atoms with Crippen LogP contribution in [0.25, 0.3) is 0 Å². The Hall–Kier alpha value is -0.360. The Morgan fingerprint density at radius 3 is 1.54 bits per heavy atom. The van der Waals surface area contributed by atoms with E-state index in [1.807, 2.05) is 0 Å². The van der Waals surface area contributed by atoms with Gasteiger partial charge >= 0.3 is 11.9 Å². The number of rotatable bonds is 12. The van der Waals surface area contributed by atoms with E-state index in [9.17, 15) is 19.8 Å². The Balaban J connectivity index is 2.44. The summed E-state index contributed by atoms with van der Waals surface area (Å²) in [4.78, 5) is 22.5. The van der Waals surface area contributed by atoms with Gasteiger partial charge in [0.05, 0.1) is 14.9 Å². The molecule has 1 aliphatic heterocycles. The molecule has 0 spiro atoms. The van der Waals surface area contributed by atoms with Crippen molar-refractivity contribution in [2.24, 2.45) is 10.8 Å². The van der Waals surface area contributed by atoms with Crippen molar-refractivity contribution in [3.8, 4) is 0 Å². The maximum absolute atomic E-state index is 11.2. The lowest BCUT2D eigenvalue weighted by Gasteiger charge is -2.37. The molecular formula is C20H36O4S2. The molecule has 0 saturated carbocycles. The van der Waals surface area contributed by atoms with E-state index in [2.05, 4.69) is 23.5 Å². The first-order valence-electron chi connectivity index (χ1n) is 9.76. The first kappa shape index (κ1) is 23.7. The lowest BCUT2D eigenvalue weighted by atomic mass is 9.86. The smallest absolute Gasteiger partial charge is 0.309 e. The average molecular weight is 405 g/mol. The topological polar surface area (TPSA) is 74.6 Å². The number of aliphatic carboxylic acids is 2. The molecule has 26 heavy (non-hydrogen) atoms. The second kappa shape index (κ2) is 10.3. The molecule has 1 fully saturated rings. The van der Waals surface area contributed by atoms with Crippen LogP contribution in [0.4, 0.5) is 0 Å². The van der Waals surface area contributed by atoms with Crippen molar-refractivity contribution in [2.45, 2.75) is 89.6 Å². The maximum Gasteiger partial charge on any atom is 0.309 e. The molecule has 0 aliphatic carbocycles. The summed E-state index contributed by atoms with van der Waals surface area (Å²) in [6.45, 7) is 7.22. The van der Waals surface area contributed by atoms with Crippen molar-refractivity contribution in [3.05, 3.63) is 0 Å². The molecule has 1 heterocycles. The number of hydrogen-bond donors (Lipinski definition) is 2. The van der Waals surface area contributed by atoms with E-state index in [0.717, 1.165) is 51.4 Å². The van der Waals surface area contributed by atoms with Crippen LogP contribution < -0.4 is 0 Å². The van der Waals surface area contributed by atoms with Gasteiger partial charge in [0.2, 0.25) is 0 Å². The van der Waals surface area contributed by atoms with E-state index < -0.39 is 22.8 Å². The van der Waals surface area contributed by atoms with Gasteiger partial charge in [-0.1, -0.05) is 25.7 Å². The first-order chi connectivity index (χ1) is 12.0. The van der Waals surface area contributed by atoms with E-state index in [1.54, 1.807) is 27.7 Å². The Morgan fingerprint density at radius 2 is 1.19 bits per heavy atom. The summed E-state index contributed by atoms with van der Waals surface area (Å²) in [5, 5.41) is 18.5. The summed E-state index contributed by atoms with van der Waals surface area (Å²) in [5.41, 5.74) is -1.27. The highest BCUT2D eigenvalue weighted by Crippen LogP contribution is 2.49. The molecule has 1 saturated heterocycles. The van der Waals surface area contributed by atoms with Crippen LogP contribution in [0.5, 0.6) is 0 Å². The van der Waals surface area contributed by atoms with Gasteiger partial charge in [-0.05, 0) is 71.3 Å². The zero-order valence-corrected chi connectivity index (χ0v) is 18.4. The number of carboxylic acids is 2. The molecule has 4 nitrogen and oxygen atoms in total. The quantitative estimate of drug-likeness (QED) is 0.395. The maximum atomic E-state index is 11.2. The predicted octanol–water partition coefficient (Wildman–Crippen LogP) is 5.90. The lowest BCUT2D eigenvalue weighted by molar-refractivity contribution is -0.148. The molecule has 152 valence electrons. The Kier molecular flexibility index (Phi) is 9.34. The van der Waals surface area contributed by atoms with E-state index in [-0.39, 0.29) is 4.08 Å². The number of hydrogen-bond acceptors (Lipinski definition) is 4. The number of thioether (sulfide) groups is 2. The van der Waals surface area contributed by atoms with Gasteiger partial charge in [-0.15, -0.1) is 23.5 Å².